The van der Waals surface area contributed by atoms with Crippen LogP contribution in [0.3, 0.4) is 0 Å². The molecule has 1 N–H and O–H groups in total. The van der Waals surface area contributed by atoms with Gasteiger partial charge in [0.1, 0.15) is 0 Å². The zero-order valence-corrected chi connectivity index (χ0v) is 17.8. The second-order valence-corrected chi connectivity index (χ2v) is 8.62. The average molecular weight is 451 g/mol. The van der Waals surface area contributed by atoms with Gasteiger partial charge >= 0.3 is 0 Å². The number of benzene rings is 3. The van der Waals surface area contributed by atoms with E-state index < -0.39 is 0 Å². The first-order valence-corrected chi connectivity index (χ1v) is 10.9. The van der Waals surface area contributed by atoms with E-state index in [4.69, 9.17) is 0 Å². The molecule has 0 aromatic heterocycles. The molecular formula is C23H19BrN2OS. The first kappa shape index (κ1) is 19.0. The van der Waals surface area contributed by atoms with Crippen molar-refractivity contribution >= 4 is 39.3 Å². The summed E-state index contributed by atoms with van der Waals surface area (Å²) in [5, 5.41) is 4.43. The number of rotatable bonds is 5. The van der Waals surface area contributed by atoms with Gasteiger partial charge in [-0.05, 0) is 46.9 Å². The molecular weight excluding hydrogens is 432 g/mol. The Morgan fingerprint density at radius 1 is 1.00 bits per heavy atom. The molecule has 0 bridgehead atoms. The normalized spacial score (nSPS) is 13.1. The highest BCUT2D eigenvalue weighted by atomic mass is 79.9. The molecule has 0 saturated carbocycles. The third kappa shape index (κ3) is 3.91. The minimum absolute atomic E-state index is 0.0961. The lowest BCUT2D eigenvalue weighted by atomic mass is 10.1. The summed E-state index contributed by atoms with van der Waals surface area (Å²) in [4.78, 5) is 12.4. The van der Waals surface area contributed by atoms with Crippen LogP contribution in [0.1, 0.15) is 28.9 Å². The lowest BCUT2D eigenvalue weighted by Crippen LogP contribution is -2.21. The minimum Gasteiger partial charge on any atom is -0.272 e. The first-order valence-electron chi connectivity index (χ1n) is 9.02. The molecule has 1 aliphatic carbocycles. The van der Waals surface area contributed by atoms with Gasteiger partial charge in [0.05, 0.1) is 16.7 Å². The van der Waals surface area contributed by atoms with Crippen LogP contribution >= 0.6 is 27.7 Å². The molecule has 0 unspecified atom stereocenters. The maximum Gasteiger partial charge on any atom is 0.250 e. The molecule has 0 atom stereocenters. The highest BCUT2D eigenvalue weighted by Gasteiger charge is 2.28. The number of fused-ring (bicyclic) bond motifs is 3. The maximum absolute atomic E-state index is 12.4. The van der Waals surface area contributed by atoms with E-state index in [-0.39, 0.29) is 11.2 Å². The van der Waals surface area contributed by atoms with Crippen molar-refractivity contribution in [1.29, 1.82) is 0 Å². The molecule has 5 heteroatoms. The first-order chi connectivity index (χ1) is 13.6. The van der Waals surface area contributed by atoms with Crippen molar-refractivity contribution in [2.45, 2.75) is 12.2 Å². The zero-order chi connectivity index (χ0) is 19.5. The molecule has 3 aromatic carbocycles. The zero-order valence-electron chi connectivity index (χ0n) is 15.4. The number of thioether (sulfide) groups is 1. The second kappa shape index (κ2) is 8.33. The van der Waals surface area contributed by atoms with Crippen LogP contribution in [0.4, 0.5) is 0 Å². The molecule has 3 nitrogen and oxygen atoms in total. The van der Waals surface area contributed by atoms with E-state index >= 15 is 0 Å². The van der Waals surface area contributed by atoms with Crippen LogP contribution in [-0.4, -0.2) is 17.4 Å². The van der Waals surface area contributed by atoms with Gasteiger partial charge in [-0.2, -0.15) is 5.10 Å². The predicted molar refractivity (Wildman–Crippen MR) is 121 cm³/mol. The third-order valence-corrected chi connectivity index (χ3v) is 6.51. The van der Waals surface area contributed by atoms with E-state index in [0.717, 1.165) is 15.7 Å². The molecule has 28 heavy (non-hydrogen) atoms. The molecule has 1 amide bonds. The minimum atomic E-state index is -0.0961. The SMILES string of the molecule is CC(=NNC(=O)CSC1c2ccccc2-c2ccccc21)c1cccc(Br)c1. The van der Waals surface area contributed by atoms with Gasteiger partial charge in [-0.1, -0.05) is 76.6 Å². The number of carbonyl (C=O) groups excluding carboxylic acids is 1. The van der Waals surface area contributed by atoms with Gasteiger partial charge in [0.25, 0.3) is 0 Å². The molecule has 0 spiro atoms. The number of hydrazone groups is 1. The van der Waals surface area contributed by atoms with E-state index in [1.165, 1.54) is 22.3 Å². The van der Waals surface area contributed by atoms with Crippen molar-refractivity contribution in [3.05, 3.63) is 94.0 Å². The fourth-order valence-electron chi connectivity index (χ4n) is 3.40. The fourth-order valence-corrected chi connectivity index (χ4v) is 4.96. The van der Waals surface area contributed by atoms with Gasteiger partial charge in [-0.3, -0.25) is 4.79 Å². The van der Waals surface area contributed by atoms with Crippen molar-refractivity contribution in [1.82, 2.24) is 5.43 Å². The van der Waals surface area contributed by atoms with Crippen LogP contribution in [0.25, 0.3) is 11.1 Å². The highest BCUT2D eigenvalue weighted by Crippen LogP contribution is 2.49. The molecule has 0 aliphatic heterocycles. The van der Waals surface area contributed by atoms with Gasteiger partial charge in [-0.25, -0.2) is 5.43 Å². The number of hydrogen-bond donors (Lipinski definition) is 1. The molecule has 1 aliphatic rings. The number of carbonyl (C=O) groups is 1. The summed E-state index contributed by atoms with van der Waals surface area (Å²) >= 11 is 5.09. The van der Waals surface area contributed by atoms with Gasteiger partial charge in [-0.15, -0.1) is 11.8 Å². The lowest BCUT2D eigenvalue weighted by Gasteiger charge is -2.12. The van der Waals surface area contributed by atoms with Crippen molar-refractivity contribution in [3.63, 3.8) is 0 Å². The van der Waals surface area contributed by atoms with Crippen LogP contribution in [-0.2, 0) is 4.79 Å². The van der Waals surface area contributed by atoms with E-state index in [0.29, 0.717) is 5.75 Å². The standard InChI is InChI=1S/C23H19BrN2OS/c1-15(16-7-6-8-17(24)13-16)25-26-22(27)14-28-23-20-11-4-2-9-18(20)19-10-3-5-12-21(19)23/h2-13,23H,14H2,1H3,(H,26,27). The molecule has 4 rings (SSSR count). The summed E-state index contributed by atoms with van der Waals surface area (Å²) in [6.07, 6.45) is 0. The van der Waals surface area contributed by atoms with Crippen molar-refractivity contribution < 1.29 is 4.79 Å². The van der Waals surface area contributed by atoms with Crippen LogP contribution in [0.15, 0.2) is 82.4 Å². The van der Waals surface area contributed by atoms with Crippen LogP contribution < -0.4 is 5.43 Å². The van der Waals surface area contributed by atoms with E-state index in [9.17, 15) is 4.79 Å². The smallest absolute Gasteiger partial charge is 0.250 e. The van der Waals surface area contributed by atoms with Gasteiger partial charge in [0.15, 0.2) is 0 Å². The predicted octanol–water partition coefficient (Wildman–Crippen LogP) is 5.79. The Bertz CT molecular complexity index is 1020. The Kier molecular flexibility index (Phi) is 5.64. The van der Waals surface area contributed by atoms with Crippen LogP contribution in [0.2, 0.25) is 0 Å². The second-order valence-electron chi connectivity index (χ2n) is 6.61. The Balaban J connectivity index is 1.43. The molecule has 0 fully saturated rings. The number of amides is 1. The highest BCUT2D eigenvalue weighted by molar-refractivity contribution is 9.10. The summed E-state index contributed by atoms with van der Waals surface area (Å²) in [6, 6.07) is 24.7. The number of nitrogens with one attached hydrogen (secondary N) is 1. The molecule has 0 radical (unpaired) electrons. The van der Waals surface area contributed by atoms with E-state index in [1.807, 2.05) is 31.2 Å². The Morgan fingerprint density at radius 3 is 2.29 bits per heavy atom. The monoisotopic (exact) mass is 450 g/mol. The fraction of sp³-hybridized carbons (Fsp3) is 0.130. The third-order valence-electron chi connectivity index (χ3n) is 4.75. The molecule has 3 aromatic rings. The van der Waals surface area contributed by atoms with Crippen molar-refractivity contribution in [3.8, 4) is 11.1 Å². The lowest BCUT2D eigenvalue weighted by molar-refractivity contribution is -0.118. The summed E-state index contributed by atoms with van der Waals surface area (Å²) in [5.41, 5.74) is 9.51. The Morgan fingerprint density at radius 2 is 1.64 bits per heavy atom. The number of nitrogens with zero attached hydrogens (tertiary/aromatic N) is 1. The van der Waals surface area contributed by atoms with Gasteiger partial charge in [0, 0.05) is 4.47 Å². The Labute approximate surface area is 177 Å². The van der Waals surface area contributed by atoms with Crippen molar-refractivity contribution in [2.75, 3.05) is 5.75 Å². The summed E-state index contributed by atoms with van der Waals surface area (Å²) in [5.74, 6) is 0.254. The molecule has 0 heterocycles. The summed E-state index contributed by atoms with van der Waals surface area (Å²) in [7, 11) is 0. The van der Waals surface area contributed by atoms with Gasteiger partial charge < -0.3 is 0 Å². The van der Waals surface area contributed by atoms with Gasteiger partial charge in [0.2, 0.25) is 5.91 Å². The van der Waals surface area contributed by atoms with Crippen LogP contribution in [0, 0.1) is 0 Å². The average Bonchev–Trinajstić information content (AvgIpc) is 3.04. The quantitative estimate of drug-likeness (QED) is 0.394. The topological polar surface area (TPSA) is 41.5 Å². The number of hydrogen-bond acceptors (Lipinski definition) is 3. The maximum atomic E-state index is 12.4. The molecule has 0 saturated heterocycles. The Hall–Kier alpha value is -2.37. The van der Waals surface area contributed by atoms with E-state index in [1.54, 1.807) is 11.8 Å². The van der Waals surface area contributed by atoms with Crippen molar-refractivity contribution in [2.24, 2.45) is 5.10 Å². The van der Waals surface area contributed by atoms with E-state index in [2.05, 4.69) is 75.0 Å². The summed E-state index contributed by atoms with van der Waals surface area (Å²) in [6.45, 7) is 1.89. The number of halogens is 1. The molecule has 140 valence electrons. The van der Waals surface area contributed by atoms with Crippen LogP contribution in [0.5, 0.6) is 0 Å². The largest absolute Gasteiger partial charge is 0.272 e. The summed E-state index contributed by atoms with van der Waals surface area (Å²) < 4.78 is 0.986.